The van der Waals surface area contributed by atoms with Gasteiger partial charge in [0.05, 0.1) is 6.21 Å². The summed E-state index contributed by atoms with van der Waals surface area (Å²) in [5.41, 5.74) is 9.54. The zero-order valence-corrected chi connectivity index (χ0v) is 20.1. The minimum atomic E-state index is 0.194. The number of aromatic nitrogens is 1. The number of aryl methyl sites for hydroxylation is 3. The van der Waals surface area contributed by atoms with E-state index in [-0.39, 0.29) is 11.2 Å². The number of anilines is 1. The van der Waals surface area contributed by atoms with Crippen LogP contribution in [0.15, 0.2) is 46.1 Å². The molecule has 1 fully saturated rings. The van der Waals surface area contributed by atoms with Gasteiger partial charge < -0.3 is 5.11 Å². The van der Waals surface area contributed by atoms with Crippen LogP contribution in [0.5, 0.6) is 5.75 Å². The largest absolute Gasteiger partial charge is 0.507 e. The van der Waals surface area contributed by atoms with E-state index in [2.05, 4.69) is 71.3 Å². The van der Waals surface area contributed by atoms with Crippen LogP contribution in [0.2, 0.25) is 0 Å². The molecule has 6 heteroatoms. The van der Waals surface area contributed by atoms with Gasteiger partial charge in [-0.15, -0.1) is 11.3 Å². The first-order chi connectivity index (χ1) is 14.2. The standard InChI is InChI=1S/C24H26BrN3OS/c1-14-7-15(2)22(16(3)8-14)24(4)10-18(11-24)21-13-26-23(30-21)28-27-12-17-9-19(25)5-6-20(17)29/h5-9,12-13,18,29H,10-11H2,1-4H3,(H,26,28)/b27-12+. The Kier molecular flexibility index (Phi) is 5.73. The van der Waals surface area contributed by atoms with Gasteiger partial charge in [-0.05, 0) is 79.8 Å². The zero-order valence-electron chi connectivity index (χ0n) is 17.7. The molecular weight excluding hydrogens is 458 g/mol. The molecule has 2 aromatic carbocycles. The first kappa shape index (κ1) is 21.1. The van der Waals surface area contributed by atoms with E-state index in [1.165, 1.54) is 27.1 Å². The van der Waals surface area contributed by atoms with Gasteiger partial charge in [-0.25, -0.2) is 4.98 Å². The molecule has 0 atom stereocenters. The molecule has 156 valence electrons. The number of thiazole rings is 1. The Morgan fingerprint density at radius 1 is 1.20 bits per heavy atom. The van der Waals surface area contributed by atoms with Crippen LogP contribution in [0.4, 0.5) is 5.13 Å². The number of aromatic hydroxyl groups is 1. The van der Waals surface area contributed by atoms with Crippen LogP contribution in [-0.4, -0.2) is 16.3 Å². The van der Waals surface area contributed by atoms with E-state index in [1.807, 2.05) is 12.3 Å². The van der Waals surface area contributed by atoms with E-state index < -0.39 is 0 Å². The highest BCUT2D eigenvalue weighted by atomic mass is 79.9. The number of hydrogen-bond acceptors (Lipinski definition) is 5. The maximum absolute atomic E-state index is 9.89. The van der Waals surface area contributed by atoms with Gasteiger partial charge in [-0.2, -0.15) is 5.10 Å². The predicted molar refractivity (Wildman–Crippen MR) is 129 cm³/mol. The second-order valence-electron chi connectivity index (χ2n) is 8.58. The third kappa shape index (κ3) is 4.16. The number of hydrogen-bond donors (Lipinski definition) is 2. The molecule has 0 aliphatic heterocycles. The number of phenols is 1. The topological polar surface area (TPSA) is 57.5 Å². The minimum Gasteiger partial charge on any atom is -0.507 e. The lowest BCUT2D eigenvalue weighted by Gasteiger charge is -2.47. The number of hydrazone groups is 1. The minimum absolute atomic E-state index is 0.194. The predicted octanol–water partition coefficient (Wildman–Crippen LogP) is 6.82. The summed E-state index contributed by atoms with van der Waals surface area (Å²) in [5.74, 6) is 0.736. The third-order valence-electron chi connectivity index (χ3n) is 5.95. The summed E-state index contributed by atoms with van der Waals surface area (Å²) < 4.78 is 0.894. The monoisotopic (exact) mass is 483 g/mol. The highest BCUT2D eigenvalue weighted by Crippen LogP contribution is 2.55. The second-order valence-corrected chi connectivity index (χ2v) is 10.6. The second kappa shape index (κ2) is 8.16. The van der Waals surface area contributed by atoms with Crippen molar-refractivity contribution in [2.45, 2.75) is 51.9 Å². The van der Waals surface area contributed by atoms with E-state index >= 15 is 0 Å². The molecule has 1 saturated carbocycles. The molecule has 1 aliphatic carbocycles. The van der Waals surface area contributed by atoms with Crippen LogP contribution < -0.4 is 5.43 Å². The number of benzene rings is 2. The molecule has 1 heterocycles. The first-order valence-corrected chi connectivity index (χ1v) is 11.7. The van der Waals surface area contributed by atoms with Crippen molar-refractivity contribution in [3.8, 4) is 5.75 Å². The molecule has 4 nitrogen and oxygen atoms in total. The van der Waals surface area contributed by atoms with Gasteiger partial charge in [0.1, 0.15) is 5.75 Å². The van der Waals surface area contributed by atoms with Gasteiger partial charge in [-0.3, -0.25) is 5.43 Å². The van der Waals surface area contributed by atoms with Crippen LogP contribution in [0.25, 0.3) is 0 Å². The van der Waals surface area contributed by atoms with Gasteiger partial charge in [0.25, 0.3) is 0 Å². The summed E-state index contributed by atoms with van der Waals surface area (Å²) in [6.45, 7) is 9.04. The van der Waals surface area contributed by atoms with Crippen LogP contribution in [0.3, 0.4) is 0 Å². The molecule has 0 bridgehead atoms. The Labute approximate surface area is 190 Å². The average Bonchev–Trinajstić information content (AvgIpc) is 3.10. The summed E-state index contributed by atoms with van der Waals surface area (Å²) in [5, 5.41) is 14.9. The van der Waals surface area contributed by atoms with Crippen molar-refractivity contribution >= 4 is 38.6 Å². The van der Waals surface area contributed by atoms with Crippen LogP contribution in [0, 0.1) is 20.8 Å². The lowest BCUT2D eigenvalue weighted by molar-refractivity contribution is 0.225. The molecule has 4 rings (SSSR count). The molecule has 1 aliphatic rings. The normalized spacial score (nSPS) is 21.0. The molecule has 3 aromatic rings. The van der Waals surface area contributed by atoms with E-state index in [0.717, 1.165) is 22.4 Å². The molecule has 0 unspecified atom stereocenters. The Bertz CT molecular complexity index is 1090. The van der Waals surface area contributed by atoms with Gasteiger partial charge in [-0.1, -0.05) is 40.5 Å². The Balaban J connectivity index is 1.41. The van der Waals surface area contributed by atoms with Gasteiger partial charge in [0, 0.05) is 21.1 Å². The molecular formula is C24H26BrN3OS. The number of phenolic OH excluding ortho intramolecular Hbond substituents is 1. The fourth-order valence-corrected chi connectivity index (χ4v) is 6.12. The van der Waals surface area contributed by atoms with Gasteiger partial charge in [0.2, 0.25) is 5.13 Å². The maximum atomic E-state index is 9.89. The van der Waals surface area contributed by atoms with Crippen molar-refractivity contribution in [1.82, 2.24) is 4.98 Å². The lowest BCUT2D eigenvalue weighted by Crippen LogP contribution is -2.38. The quantitative estimate of drug-likeness (QED) is 0.309. The summed E-state index contributed by atoms with van der Waals surface area (Å²) in [6.07, 6.45) is 5.87. The maximum Gasteiger partial charge on any atom is 0.203 e. The highest BCUT2D eigenvalue weighted by Gasteiger charge is 2.44. The molecule has 0 radical (unpaired) electrons. The first-order valence-electron chi connectivity index (χ1n) is 10.1. The average molecular weight is 484 g/mol. The third-order valence-corrected chi connectivity index (χ3v) is 7.51. The number of rotatable bonds is 5. The number of nitrogens with zero attached hydrogens (tertiary/aromatic N) is 2. The Hall–Kier alpha value is -2.18. The number of nitrogens with one attached hydrogen (secondary N) is 1. The molecule has 30 heavy (non-hydrogen) atoms. The van der Waals surface area contributed by atoms with E-state index in [0.29, 0.717) is 11.5 Å². The summed E-state index contributed by atoms with van der Waals surface area (Å²) in [7, 11) is 0. The van der Waals surface area contributed by atoms with E-state index in [4.69, 9.17) is 0 Å². The van der Waals surface area contributed by atoms with Crippen molar-refractivity contribution in [3.05, 3.63) is 73.7 Å². The fourth-order valence-electron chi connectivity index (χ4n) is 4.88. The fraction of sp³-hybridized carbons (Fsp3) is 0.333. The SMILES string of the molecule is Cc1cc(C)c(C2(C)CC(c3cnc(N/N=C/c4cc(Br)ccc4O)s3)C2)c(C)c1. The van der Waals surface area contributed by atoms with Crippen LogP contribution >= 0.6 is 27.3 Å². The smallest absolute Gasteiger partial charge is 0.203 e. The van der Waals surface area contributed by atoms with Gasteiger partial charge >= 0.3 is 0 Å². The van der Waals surface area contributed by atoms with Crippen LogP contribution in [0.1, 0.15) is 58.4 Å². The zero-order chi connectivity index (χ0) is 21.5. The molecule has 0 saturated heterocycles. The molecule has 0 spiro atoms. The summed E-state index contributed by atoms with van der Waals surface area (Å²) in [6, 6.07) is 9.85. The van der Waals surface area contributed by atoms with E-state index in [1.54, 1.807) is 29.7 Å². The van der Waals surface area contributed by atoms with Crippen molar-refractivity contribution < 1.29 is 5.11 Å². The van der Waals surface area contributed by atoms with Crippen molar-refractivity contribution in [2.75, 3.05) is 5.43 Å². The van der Waals surface area contributed by atoms with Crippen molar-refractivity contribution in [2.24, 2.45) is 5.10 Å². The lowest BCUT2D eigenvalue weighted by atomic mass is 9.58. The van der Waals surface area contributed by atoms with E-state index in [9.17, 15) is 5.11 Å². The highest BCUT2D eigenvalue weighted by molar-refractivity contribution is 9.10. The van der Waals surface area contributed by atoms with Crippen LogP contribution in [-0.2, 0) is 5.41 Å². The van der Waals surface area contributed by atoms with Gasteiger partial charge in [0.15, 0.2) is 0 Å². The molecule has 0 amide bonds. The molecule has 1 aromatic heterocycles. The molecule has 2 N–H and O–H groups in total. The van der Waals surface area contributed by atoms with Crippen molar-refractivity contribution in [3.63, 3.8) is 0 Å². The van der Waals surface area contributed by atoms with Crippen molar-refractivity contribution in [1.29, 1.82) is 0 Å². The summed E-state index contributed by atoms with van der Waals surface area (Å²) >= 11 is 5.06. The summed E-state index contributed by atoms with van der Waals surface area (Å²) in [4.78, 5) is 5.78. The number of halogens is 1. The Morgan fingerprint density at radius 2 is 1.90 bits per heavy atom. The Morgan fingerprint density at radius 3 is 2.60 bits per heavy atom.